The number of hydrogen-bond donors (Lipinski definition) is 1. The molecule has 0 aliphatic heterocycles. The topological polar surface area (TPSA) is 37.4 Å². The van der Waals surface area contributed by atoms with E-state index in [4.69, 9.17) is 4.74 Å². The third-order valence-electron chi connectivity index (χ3n) is 4.76. The van der Waals surface area contributed by atoms with Crippen LogP contribution in [0.1, 0.15) is 46.5 Å². The van der Waals surface area contributed by atoms with Gasteiger partial charge in [0.05, 0.1) is 18.3 Å². The Labute approximate surface area is 152 Å². The average molecular weight is 344 g/mol. The van der Waals surface area contributed by atoms with Gasteiger partial charge in [-0.05, 0) is 38.4 Å². The molecule has 0 aliphatic carbocycles. The van der Waals surface area contributed by atoms with E-state index in [-0.39, 0.29) is 0 Å². The van der Waals surface area contributed by atoms with Crippen molar-refractivity contribution in [1.82, 2.24) is 9.88 Å². The van der Waals surface area contributed by atoms with Gasteiger partial charge in [0.15, 0.2) is 0 Å². The minimum absolute atomic E-state index is 0.638. The smallest absolute Gasteiger partial charge is 0.121 e. The summed E-state index contributed by atoms with van der Waals surface area (Å²) in [5.74, 6) is 0.866. The zero-order chi connectivity index (χ0) is 18.1. The van der Waals surface area contributed by atoms with Crippen LogP contribution in [0.2, 0.25) is 0 Å². The van der Waals surface area contributed by atoms with Gasteiger partial charge >= 0.3 is 0 Å². The molecule has 0 amide bonds. The van der Waals surface area contributed by atoms with Crippen molar-refractivity contribution < 1.29 is 4.74 Å². The molecule has 0 spiro atoms. The van der Waals surface area contributed by atoms with Crippen LogP contribution in [0.25, 0.3) is 10.9 Å². The number of methoxy groups -OCH3 is 1. The molecular formula is C21H33N3O. The standard InChI is InChI=1S/C21H33N3O/c1-5-7-13-24(17(3)9-6-2)14-12-22-20-16-19(25-4)15-18-10-8-11-23-21(18)20/h8,10-11,15-17,22H,5-7,9,12-14H2,1-4H3. The molecule has 25 heavy (non-hydrogen) atoms. The van der Waals surface area contributed by atoms with Crippen molar-refractivity contribution in [2.75, 3.05) is 32.1 Å². The van der Waals surface area contributed by atoms with Crippen LogP contribution in [-0.2, 0) is 0 Å². The number of fused-ring (bicyclic) bond motifs is 1. The lowest BCUT2D eigenvalue weighted by Gasteiger charge is -2.29. The summed E-state index contributed by atoms with van der Waals surface area (Å²) < 4.78 is 5.44. The molecule has 1 N–H and O–H groups in total. The zero-order valence-electron chi connectivity index (χ0n) is 16.2. The third kappa shape index (κ3) is 5.60. The fourth-order valence-electron chi connectivity index (χ4n) is 3.27. The molecule has 0 aliphatic rings. The first-order valence-corrected chi connectivity index (χ1v) is 9.60. The van der Waals surface area contributed by atoms with Gasteiger partial charge in [0.1, 0.15) is 5.75 Å². The zero-order valence-corrected chi connectivity index (χ0v) is 16.2. The monoisotopic (exact) mass is 343 g/mol. The SMILES string of the molecule is CCCCN(CCNc1cc(OC)cc2cccnc12)C(C)CCC. The molecule has 1 aromatic heterocycles. The number of hydrogen-bond acceptors (Lipinski definition) is 4. The molecule has 2 aromatic rings. The number of nitrogens with zero attached hydrogens (tertiary/aromatic N) is 2. The molecule has 1 heterocycles. The first-order valence-electron chi connectivity index (χ1n) is 9.60. The Bertz CT molecular complexity index is 644. The van der Waals surface area contributed by atoms with Crippen LogP contribution in [0, 0.1) is 0 Å². The Morgan fingerprint density at radius 3 is 2.76 bits per heavy atom. The van der Waals surface area contributed by atoms with Crippen LogP contribution in [0.15, 0.2) is 30.5 Å². The highest BCUT2D eigenvalue weighted by Crippen LogP contribution is 2.27. The summed E-state index contributed by atoms with van der Waals surface area (Å²) in [4.78, 5) is 7.14. The van der Waals surface area contributed by atoms with Crippen molar-refractivity contribution in [3.63, 3.8) is 0 Å². The van der Waals surface area contributed by atoms with Crippen molar-refractivity contribution in [1.29, 1.82) is 0 Å². The molecular weight excluding hydrogens is 310 g/mol. The first kappa shape index (κ1) is 19.5. The van der Waals surface area contributed by atoms with Crippen molar-refractivity contribution in [2.24, 2.45) is 0 Å². The van der Waals surface area contributed by atoms with Gasteiger partial charge in [0, 0.05) is 36.8 Å². The molecule has 4 nitrogen and oxygen atoms in total. The van der Waals surface area contributed by atoms with Gasteiger partial charge < -0.3 is 10.1 Å². The Hall–Kier alpha value is -1.81. The second kappa shape index (κ2) is 10.2. The lowest BCUT2D eigenvalue weighted by molar-refractivity contribution is 0.203. The summed E-state index contributed by atoms with van der Waals surface area (Å²) in [5, 5.41) is 4.69. The first-order chi connectivity index (χ1) is 12.2. The van der Waals surface area contributed by atoms with Crippen molar-refractivity contribution in [3.8, 4) is 5.75 Å². The Morgan fingerprint density at radius 1 is 1.20 bits per heavy atom. The van der Waals surface area contributed by atoms with Crippen LogP contribution in [0.3, 0.4) is 0 Å². The summed E-state index contributed by atoms with van der Waals surface area (Å²) in [6.45, 7) is 10.0. The molecule has 1 aromatic carbocycles. The lowest BCUT2D eigenvalue weighted by Crippen LogP contribution is -2.37. The van der Waals surface area contributed by atoms with Crippen LogP contribution in [0.5, 0.6) is 5.75 Å². The number of rotatable bonds is 11. The Balaban J connectivity index is 2.05. The average Bonchev–Trinajstić information content (AvgIpc) is 2.64. The van der Waals surface area contributed by atoms with Crippen LogP contribution in [0.4, 0.5) is 5.69 Å². The number of benzene rings is 1. The van der Waals surface area contributed by atoms with Crippen LogP contribution in [-0.4, -0.2) is 42.7 Å². The van der Waals surface area contributed by atoms with Crippen molar-refractivity contribution in [2.45, 2.75) is 52.5 Å². The number of ether oxygens (including phenoxy) is 1. The maximum Gasteiger partial charge on any atom is 0.121 e. The number of anilines is 1. The second-order valence-corrected chi connectivity index (χ2v) is 6.70. The van der Waals surface area contributed by atoms with Gasteiger partial charge in [-0.25, -0.2) is 0 Å². The fraction of sp³-hybridized carbons (Fsp3) is 0.571. The molecule has 0 saturated heterocycles. The number of nitrogens with one attached hydrogen (secondary N) is 1. The summed E-state index contributed by atoms with van der Waals surface area (Å²) in [5.41, 5.74) is 2.05. The minimum Gasteiger partial charge on any atom is -0.497 e. The summed E-state index contributed by atoms with van der Waals surface area (Å²) in [7, 11) is 1.71. The van der Waals surface area contributed by atoms with E-state index in [0.717, 1.165) is 35.4 Å². The van der Waals surface area contributed by atoms with E-state index in [1.165, 1.54) is 32.2 Å². The normalized spacial score (nSPS) is 12.5. The molecule has 0 fully saturated rings. The molecule has 138 valence electrons. The maximum atomic E-state index is 5.44. The summed E-state index contributed by atoms with van der Waals surface area (Å²) >= 11 is 0. The van der Waals surface area contributed by atoms with E-state index in [1.807, 2.05) is 24.4 Å². The van der Waals surface area contributed by atoms with E-state index < -0.39 is 0 Å². The van der Waals surface area contributed by atoms with E-state index in [9.17, 15) is 0 Å². The summed E-state index contributed by atoms with van der Waals surface area (Å²) in [6.07, 6.45) is 6.84. The second-order valence-electron chi connectivity index (χ2n) is 6.70. The Kier molecular flexibility index (Phi) is 7.99. The van der Waals surface area contributed by atoms with E-state index in [1.54, 1.807) is 7.11 Å². The molecule has 0 saturated carbocycles. The van der Waals surface area contributed by atoms with Crippen LogP contribution >= 0.6 is 0 Å². The number of unbranched alkanes of at least 4 members (excludes halogenated alkanes) is 1. The highest BCUT2D eigenvalue weighted by Gasteiger charge is 2.12. The Morgan fingerprint density at radius 2 is 2.04 bits per heavy atom. The number of pyridine rings is 1. The third-order valence-corrected chi connectivity index (χ3v) is 4.76. The lowest BCUT2D eigenvalue weighted by atomic mass is 10.1. The van der Waals surface area contributed by atoms with E-state index >= 15 is 0 Å². The number of aromatic nitrogens is 1. The van der Waals surface area contributed by atoms with Gasteiger partial charge in [-0.2, -0.15) is 0 Å². The molecule has 0 radical (unpaired) electrons. The minimum atomic E-state index is 0.638. The largest absolute Gasteiger partial charge is 0.497 e. The van der Waals surface area contributed by atoms with E-state index in [0.29, 0.717) is 6.04 Å². The molecule has 0 bridgehead atoms. The van der Waals surface area contributed by atoms with Crippen molar-refractivity contribution >= 4 is 16.6 Å². The molecule has 4 heteroatoms. The fourth-order valence-corrected chi connectivity index (χ4v) is 3.27. The van der Waals surface area contributed by atoms with Gasteiger partial charge in [-0.15, -0.1) is 0 Å². The highest BCUT2D eigenvalue weighted by molar-refractivity contribution is 5.91. The van der Waals surface area contributed by atoms with E-state index in [2.05, 4.69) is 42.0 Å². The maximum absolute atomic E-state index is 5.44. The van der Waals surface area contributed by atoms with Gasteiger partial charge in [0.2, 0.25) is 0 Å². The molecule has 1 atom stereocenters. The van der Waals surface area contributed by atoms with Gasteiger partial charge in [0.25, 0.3) is 0 Å². The summed E-state index contributed by atoms with van der Waals surface area (Å²) in [6, 6.07) is 8.75. The quantitative estimate of drug-likeness (QED) is 0.626. The predicted molar refractivity (Wildman–Crippen MR) is 108 cm³/mol. The molecule has 1 unspecified atom stereocenters. The predicted octanol–water partition coefficient (Wildman–Crippen LogP) is 4.95. The highest BCUT2D eigenvalue weighted by atomic mass is 16.5. The van der Waals surface area contributed by atoms with Gasteiger partial charge in [-0.3, -0.25) is 9.88 Å². The van der Waals surface area contributed by atoms with Crippen LogP contribution < -0.4 is 10.1 Å². The van der Waals surface area contributed by atoms with Crippen molar-refractivity contribution in [3.05, 3.63) is 30.5 Å². The molecule has 2 rings (SSSR count). The van der Waals surface area contributed by atoms with Gasteiger partial charge in [-0.1, -0.05) is 32.8 Å².